The van der Waals surface area contributed by atoms with Gasteiger partial charge in [0.25, 0.3) is 0 Å². The molecule has 4 heterocycles. The first-order valence-electron chi connectivity index (χ1n) is 13.3. The van der Waals surface area contributed by atoms with Gasteiger partial charge in [-0.3, -0.25) is 19.9 Å². The van der Waals surface area contributed by atoms with E-state index in [1.165, 1.54) is 0 Å². The van der Waals surface area contributed by atoms with Gasteiger partial charge in [-0.05, 0) is 52.0 Å². The minimum Gasteiger partial charge on any atom is -0.421 e. The van der Waals surface area contributed by atoms with Gasteiger partial charge in [0.15, 0.2) is 20.0 Å². The van der Waals surface area contributed by atoms with Gasteiger partial charge in [0.2, 0.25) is 0 Å². The SMILES string of the molecule is Cc1ccc2ccc3ccc(C)nc3c2n1.Cc1ccc2ccc3ccc(C)nc3c2n1.O=S(=O)([N-]S(=O)(=O)C(F)(F)F)C(F)(F)F.[Cu+]. The number of nitrogens with zero attached hydrogens (tertiary/aromatic N) is 5. The largest absolute Gasteiger partial charge is 1.00 e. The zero-order valence-corrected chi connectivity index (χ0v) is 27.8. The number of alkyl halides is 6. The van der Waals surface area contributed by atoms with Gasteiger partial charge in [0.1, 0.15) is 0 Å². The summed E-state index contributed by atoms with van der Waals surface area (Å²) in [5.41, 5.74) is -4.28. The van der Waals surface area contributed by atoms with E-state index in [0.717, 1.165) is 70.5 Å². The first-order valence-corrected chi connectivity index (χ1v) is 16.2. The molecule has 0 aliphatic heterocycles. The Morgan fingerprint density at radius 1 is 0.438 bits per heavy atom. The predicted octanol–water partition coefficient (Wildman–Crippen LogP) is 7.86. The molecule has 0 N–H and O–H groups in total. The average molecular weight is 760 g/mol. The third kappa shape index (κ3) is 8.73. The summed E-state index contributed by atoms with van der Waals surface area (Å²) in [6.07, 6.45) is 0. The Labute approximate surface area is 281 Å². The standard InChI is InChI=1S/2C14H12N2.C2F6NO4S2.Cu/c2*1-9-3-5-11-7-8-12-6-4-10(2)16-14(12)13(11)15-9;3-1(4,5)14(10,11)9-15(12,13)2(6,7)8;/h2*3-8H,1-2H3;;/q;;-1;+1. The number of benzene rings is 2. The third-order valence-electron chi connectivity index (χ3n) is 6.38. The van der Waals surface area contributed by atoms with Crippen LogP contribution in [0.5, 0.6) is 0 Å². The molecule has 258 valence electrons. The van der Waals surface area contributed by atoms with Crippen LogP contribution >= 0.6 is 0 Å². The van der Waals surface area contributed by atoms with E-state index in [1.807, 2.05) is 52.0 Å². The number of halogens is 6. The molecule has 0 unspecified atom stereocenters. The van der Waals surface area contributed by atoms with Crippen LogP contribution in [0.3, 0.4) is 0 Å². The van der Waals surface area contributed by atoms with Crippen LogP contribution in [0.4, 0.5) is 26.3 Å². The molecule has 0 saturated carbocycles. The molecule has 0 atom stereocenters. The Morgan fingerprint density at radius 2 is 0.625 bits per heavy atom. The normalized spacial score (nSPS) is 12.2. The molecular weight excluding hydrogens is 736 g/mol. The van der Waals surface area contributed by atoms with Crippen molar-refractivity contribution in [3.63, 3.8) is 0 Å². The molecule has 2 aromatic carbocycles. The van der Waals surface area contributed by atoms with Crippen LogP contribution in [0.25, 0.3) is 47.7 Å². The zero-order valence-electron chi connectivity index (χ0n) is 25.2. The van der Waals surface area contributed by atoms with Crippen molar-refractivity contribution in [2.45, 2.75) is 38.7 Å². The Morgan fingerprint density at radius 3 is 0.812 bits per heavy atom. The average Bonchev–Trinajstić information content (AvgIpc) is 2.96. The van der Waals surface area contributed by atoms with Crippen molar-refractivity contribution < 1.29 is 60.2 Å². The van der Waals surface area contributed by atoms with E-state index in [-0.39, 0.29) is 17.1 Å². The first-order chi connectivity index (χ1) is 21.7. The molecule has 0 spiro atoms. The summed E-state index contributed by atoms with van der Waals surface area (Å²) >= 11 is 0. The molecule has 4 aromatic heterocycles. The summed E-state index contributed by atoms with van der Waals surface area (Å²) in [6.45, 7) is 8.03. The van der Waals surface area contributed by atoms with Crippen molar-refractivity contribution in [1.82, 2.24) is 19.9 Å². The van der Waals surface area contributed by atoms with E-state index in [9.17, 15) is 43.2 Å². The van der Waals surface area contributed by atoms with Gasteiger partial charge in [-0.2, -0.15) is 26.3 Å². The fourth-order valence-corrected chi connectivity index (χ4v) is 5.85. The molecule has 0 aliphatic rings. The van der Waals surface area contributed by atoms with Crippen molar-refractivity contribution in [3.05, 3.63) is 99.7 Å². The summed E-state index contributed by atoms with van der Waals surface area (Å²) in [5.74, 6) is 0. The van der Waals surface area contributed by atoms with Gasteiger partial charge in [0, 0.05) is 44.3 Å². The van der Waals surface area contributed by atoms with E-state index >= 15 is 0 Å². The first kappa shape index (κ1) is 38.5. The molecular formula is C30H24CuF6N5O4S2. The van der Waals surface area contributed by atoms with Gasteiger partial charge in [-0.15, -0.1) is 0 Å². The van der Waals surface area contributed by atoms with Crippen molar-refractivity contribution in [3.8, 4) is 0 Å². The molecule has 0 amide bonds. The van der Waals surface area contributed by atoms with E-state index in [2.05, 4.69) is 68.5 Å². The van der Waals surface area contributed by atoms with Crippen molar-refractivity contribution >= 4 is 63.7 Å². The summed E-state index contributed by atoms with van der Waals surface area (Å²) < 4.78 is 109. The molecule has 0 radical (unpaired) electrons. The monoisotopic (exact) mass is 759 g/mol. The van der Waals surface area contributed by atoms with Crippen molar-refractivity contribution in [2.75, 3.05) is 0 Å². The minimum absolute atomic E-state index is 0. The molecule has 0 aliphatic carbocycles. The second-order valence-electron chi connectivity index (χ2n) is 10.1. The molecule has 6 aromatic rings. The number of rotatable bonds is 2. The Hall–Kier alpha value is -3.96. The van der Waals surface area contributed by atoms with Gasteiger partial charge in [0.05, 0.1) is 22.1 Å². The van der Waals surface area contributed by atoms with E-state index in [0.29, 0.717) is 0 Å². The van der Waals surface area contributed by atoms with Gasteiger partial charge >= 0.3 is 28.1 Å². The molecule has 0 saturated heterocycles. The topological polar surface area (TPSA) is 134 Å². The van der Waals surface area contributed by atoms with E-state index in [1.54, 1.807) is 0 Å². The maximum Gasteiger partial charge on any atom is 1.00 e. The number of hydrogen-bond acceptors (Lipinski definition) is 8. The molecule has 6 rings (SSSR count). The predicted molar refractivity (Wildman–Crippen MR) is 166 cm³/mol. The van der Waals surface area contributed by atoms with Crippen LogP contribution in [0.15, 0.2) is 72.8 Å². The van der Waals surface area contributed by atoms with Gasteiger partial charge < -0.3 is 4.13 Å². The van der Waals surface area contributed by atoms with E-state index in [4.69, 9.17) is 0 Å². The van der Waals surface area contributed by atoms with Crippen LogP contribution in [0.2, 0.25) is 0 Å². The number of fused-ring (bicyclic) bond motifs is 6. The second-order valence-corrected chi connectivity index (χ2v) is 13.6. The van der Waals surface area contributed by atoms with Crippen LogP contribution in [0.1, 0.15) is 22.8 Å². The molecule has 48 heavy (non-hydrogen) atoms. The number of pyridine rings is 4. The Bertz CT molecular complexity index is 2070. The van der Waals surface area contributed by atoms with Gasteiger partial charge in [-0.1, -0.05) is 48.5 Å². The molecule has 0 fully saturated rings. The van der Waals surface area contributed by atoms with Gasteiger partial charge in [-0.25, -0.2) is 16.8 Å². The fraction of sp³-hybridized carbons (Fsp3) is 0.200. The third-order valence-corrected chi connectivity index (χ3v) is 9.12. The number of sulfonamides is 2. The van der Waals surface area contributed by atoms with Crippen LogP contribution in [0, 0.1) is 27.7 Å². The Kier molecular flexibility index (Phi) is 11.4. The quantitative estimate of drug-likeness (QED) is 0.0990. The zero-order chi connectivity index (χ0) is 34.9. The summed E-state index contributed by atoms with van der Waals surface area (Å²) in [4.78, 5) is 18.3. The van der Waals surface area contributed by atoms with Crippen molar-refractivity contribution in [1.29, 1.82) is 0 Å². The minimum atomic E-state index is -6.72. The number of aryl methyl sites for hydroxylation is 4. The van der Waals surface area contributed by atoms with Crippen molar-refractivity contribution in [2.24, 2.45) is 0 Å². The smallest absolute Gasteiger partial charge is 0.421 e. The maximum absolute atomic E-state index is 11.4. The summed E-state index contributed by atoms with van der Waals surface area (Å²) in [5, 5.41) is 4.60. The van der Waals surface area contributed by atoms with E-state index < -0.39 is 31.1 Å². The molecule has 9 nitrogen and oxygen atoms in total. The Balaban J connectivity index is 0.000000194. The maximum atomic E-state index is 11.4. The second kappa shape index (κ2) is 14.3. The number of hydrogen-bond donors (Lipinski definition) is 0. The molecule has 0 bridgehead atoms. The fourth-order valence-electron chi connectivity index (χ4n) is 4.14. The summed E-state index contributed by atoms with van der Waals surface area (Å²) in [7, 11) is -13.4. The molecule has 18 heteroatoms. The van der Waals surface area contributed by atoms with Crippen LogP contribution in [-0.4, -0.2) is 47.8 Å². The van der Waals surface area contributed by atoms with Crippen LogP contribution in [-0.2, 0) is 37.1 Å². The van der Waals surface area contributed by atoms with Crippen LogP contribution < -0.4 is 0 Å². The summed E-state index contributed by atoms with van der Waals surface area (Å²) in [6, 6.07) is 24.9. The number of aromatic nitrogens is 4.